The Hall–Kier alpha value is -4.20. The zero-order chi connectivity index (χ0) is 28.7. The molecular formula is C21H21F4N5O8. The summed E-state index contributed by atoms with van der Waals surface area (Å²) in [6.45, 7) is 3.36. The van der Waals surface area contributed by atoms with Gasteiger partial charge in [-0.1, -0.05) is 5.92 Å². The molecule has 3 heterocycles. The molecule has 1 aliphatic rings. The van der Waals surface area contributed by atoms with Crippen LogP contribution in [0.25, 0.3) is 11.2 Å². The molecule has 1 amide bonds. The Morgan fingerprint density at radius 3 is 2.39 bits per heavy atom. The van der Waals surface area contributed by atoms with Crippen LogP contribution in [-0.2, 0) is 35.1 Å². The van der Waals surface area contributed by atoms with Crippen molar-refractivity contribution < 1.29 is 46.2 Å². The maximum Gasteiger partial charge on any atom is 0.490 e. The summed E-state index contributed by atoms with van der Waals surface area (Å²) in [4.78, 5) is 67.0. The fourth-order valence-electron chi connectivity index (χ4n) is 3.93. The SMILES string of the molecule is C#CCn1c(=O)n([C@@H]2O[C@H](C(C)(C)OC(=O)C(F)(F)F)[C@H](F)[C@H]2OC(C)=O)c2nc(NC(C)=O)[nH]c(=O)c21. The summed E-state index contributed by atoms with van der Waals surface area (Å²) >= 11 is 0. The Morgan fingerprint density at radius 2 is 1.87 bits per heavy atom. The van der Waals surface area contributed by atoms with Crippen molar-refractivity contribution in [3.05, 3.63) is 20.8 Å². The number of alkyl halides is 4. The van der Waals surface area contributed by atoms with E-state index in [9.17, 15) is 37.1 Å². The van der Waals surface area contributed by atoms with Crippen molar-refractivity contribution in [1.82, 2.24) is 19.1 Å². The van der Waals surface area contributed by atoms with Crippen molar-refractivity contribution in [1.29, 1.82) is 0 Å². The van der Waals surface area contributed by atoms with Gasteiger partial charge in [-0.3, -0.25) is 29.3 Å². The molecule has 2 aromatic heterocycles. The van der Waals surface area contributed by atoms with Crippen LogP contribution in [0.4, 0.5) is 23.5 Å². The summed E-state index contributed by atoms with van der Waals surface area (Å²) in [6, 6.07) is 0. The van der Waals surface area contributed by atoms with Crippen molar-refractivity contribution >= 4 is 35.0 Å². The van der Waals surface area contributed by atoms with Crippen LogP contribution in [0, 0.1) is 12.3 Å². The van der Waals surface area contributed by atoms with Crippen molar-refractivity contribution in [3.8, 4) is 12.3 Å². The molecule has 0 bridgehead atoms. The molecule has 4 atom stereocenters. The first-order chi connectivity index (χ1) is 17.5. The van der Waals surface area contributed by atoms with Gasteiger partial charge in [0.2, 0.25) is 11.9 Å². The lowest BCUT2D eigenvalue weighted by molar-refractivity contribution is -0.223. The number of ether oxygens (including phenoxy) is 3. The second kappa shape index (κ2) is 9.93. The van der Waals surface area contributed by atoms with Gasteiger partial charge in [0.05, 0.1) is 6.54 Å². The number of aromatic amines is 1. The first kappa shape index (κ1) is 28.4. The summed E-state index contributed by atoms with van der Waals surface area (Å²) in [5, 5.41) is 2.20. The van der Waals surface area contributed by atoms with E-state index in [1.54, 1.807) is 0 Å². The monoisotopic (exact) mass is 547 g/mol. The van der Waals surface area contributed by atoms with Crippen LogP contribution in [0.1, 0.15) is 33.9 Å². The molecule has 1 fully saturated rings. The number of halogens is 4. The maximum atomic E-state index is 15.6. The molecule has 0 unspecified atom stereocenters. The molecule has 0 aliphatic carbocycles. The van der Waals surface area contributed by atoms with Gasteiger partial charge >= 0.3 is 23.8 Å². The normalized spacial score (nSPS) is 21.7. The lowest BCUT2D eigenvalue weighted by atomic mass is 9.96. The van der Waals surface area contributed by atoms with Crippen molar-refractivity contribution in [3.63, 3.8) is 0 Å². The van der Waals surface area contributed by atoms with Gasteiger partial charge in [-0.15, -0.1) is 6.42 Å². The number of nitrogens with zero attached hydrogens (tertiary/aromatic N) is 3. The smallest absolute Gasteiger partial charge is 0.454 e. The Bertz CT molecular complexity index is 1450. The molecule has 13 nitrogen and oxygen atoms in total. The first-order valence-electron chi connectivity index (χ1n) is 10.7. The van der Waals surface area contributed by atoms with Crippen LogP contribution in [-0.4, -0.2) is 67.1 Å². The fraction of sp³-hybridized carbons (Fsp3) is 0.524. The average Bonchev–Trinajstić information content (AvgIpc) is 3.21. The first-order valence-corrected chi connectivity index (χ1v) is 10.7. The quantitative estimate of drug-likeness (QED) is 0.298. The zero-order valence-electron chi connectivity index (χ0n) is 20.2. The molecule has 0 spiro atoms. The number of imidazole rings is 1. The van der Waals surface area contributed by atoms with Crippen LogP contribution < -0.4 is 16.6 Å². The van der Waals surface area contributed by atoms with Gasteiger partial charge in [-0.25, -0.2) is 18.5 Å². The molecule has 38 heavy (non-hydrogen) atoms. The number of terminal acetylenes is 1. The summed E-state index contributed by atoms with van der Waals surface area (Å²) in [5.74, 6) is -2.62. The van der Waals surface area contributed by atoms with Crippen molar-refractivity contribution in [2.45, 2.75) is 70.6 Å². The number of H-pyrrole nitrogens is 1. The zero-order valence-corrected chi connectivity index (χ0v) is 20.2. The molecule has 2 aromatic rings. The number of nitrogens with one attached hydrogen (secondary N) is 2. The lowest BCUT2D eigenvalue weighted by Gasteiger charge is -2.32. The summed E-state index contributed by atoms with van der Waals surface area (Å²) < 4.78 is 70.4. The van der Waals surface area contributed by atoms with Gasteiger partial charge in [0.1, 0.15) is 11.7 Å². The van der Waals surface area contributed by atoms with E-state index < -0.39 is 89.1 Å². The van der Waals surface area contributed by atoms with E-state index in [-0.39, 0.29) is 0 Å². The minimum absolute atomic E-state index is 0.420. The predicted octanol–water partition coefficient (Wildman–Crippen LogP) is 0.529. The number of amides is 1. The molecule has 0 radical (unpaired) electrons. The van der Waals surface area contributed by atoms with E-state index in [1.165, 1.54) is 0 Å². The van der Waals surface area contributed by atoms with E-state index in [1.807, 2.05) is 0 Å². The van der Waals surface area contributed by atoms with Crippen LogP contribution in [0.2, 0.25) is 0 Å². The highest BCUT2D eigenvalue weighted by Crippen LogP contribution is 2.41. The number of rotatable bonds is 6. The molecular weight excluding hydrogens is 526 g/mol. The molecule has 2 N–H and O–H groups in total. The molecule has 206 valence electrons. The summed E-state index contributed by atoms with van der Waals surface area (Å²) in [7, 11) is 0. The molecule has 17 heteroatoms. The molecule has 0 aromatic carbocycles. The Kier molecular flexibility index (Phi) is 7.41. The van der Waals surface area contributed by atoms with Gasteiger partial charge in [0.15, 0.2) is 29.7 Å². The second-order valence-corrected chi connectivity index (χ2v) is 8.67. The Balaban J connectivity index is 2.23. The predicted molar refractivity (Wildman–Crippen MR) is 118 cm³/mol. The number of anilines is 1. The van der Waals surface area contributed by atoms with Gasteiger partial charge in [0, 0.05) is 13.8 Å². The molecule has 1 aliphatic heterocycles. The van der Waals surface area contributed by atoms with Crippen LogP contribution in [0.5, 0.6) is 0 Å². The third-order valence-corrected chi connectivity index (χ3v) is 5.35. The third kappa shape index (κ3) is 5.25. The number of hydrogen-bond acceptors (Lipinski definition) is 9. The number of esters is 2. The van der Waals surface area contributed by atoms with E-state index in [0.29, 0.717) is 4.57 Å². The molecule has 3 rings (SSSR count). The minimum Gasteiger partial charge on any atom is -0.454 e. The highest BCUT2D eigenvalue weighted by molar-refractivity contribution is 5.87. The Labute approximate surface area is 210 Å². The van der Waals surface area contributed by atoms with Gasteiger partial charge in [-0.05, 0) is 13.8 Å². The number of carbonyl (C=O) groups excluding carboxylic acids is 3. The Morgan fingerprint density at radius 1 is 1.24 bits per heavy atom. The fourth-order valence-corrected chi connectivity index (χ4v) is 3.93. The summed E-state index contributed by atoms with van der Waals surface area (Å²) in [6.07, 6.45) is -8.46. The number of hydrogen-bond donors (Lipinski definition) is 2. The molecule has 0 saturated carbocycles. The standard InChI is InChI=1S/C21H21F4N5O8/c1-6-7-29-11-14(27-18(26-8(2)31)28-15(11)33)30(19(29)35)16-12(36-9(3)32)10(22)13(37-16)20(4,5)38-17(34)21(23,24)25/h1,10,12-13,16H,7H2,2-5H3,(H2,26,27,28,31,33)/t10-,12-,13+,16-/m1/s1. The van der Waals surface area contributed by atoms with Gasteiger partial charge < -0.3 is 14.2 Å². The average molecular weight is 547 g/mol. The lowest BCUT2D eigenvalue weighted by Crippen LogP contribution is -2.48. The summed E-state index contributed by atoms with van der Waals surface area (Å²) in [5.41, 5.74) is -5.24. The van der Waals surface area contributed by atoms with E-state index in [4.69, 9.17) is 15.9 Å². The largest absolute Gasteiger partial charge is 0.490 e. The highest BCUT2D eigenvalue weighted by atomic mass is 19.4. The minimum atomic E-state index is -5.42. The number of aromatic nitrogens is 4. The third-order valence-electron chi connectivity index (χ3n) is 5.35. The van der Waals surface area contributed by atoms with Crippen LogP contribution in [0.15, 0.2) is 9.59 Å². The van der Waals surface area contributed by atoms with Crippen molar-refractivity contribution in [2.24, 2.45) is 0 Å². The van der Waals surface area contributed by atoms with Gasteiger partial charge in [0.25, 0.3) is 5.56 Å². The van der Waals surface area contributed by atoms with Crippen LogP contribution in [0.3, 0.4) is 0 Å². The maximum absolute atomic E-state index is 15.6. The van der Waals surface area contributed by atoms with Gasteiger partial charge in [-0.2, -0.15) is 18.2 Å². The second-order valence-electron chi connectivity index (χ2n) is 8.67. The topological polar surface area (TPSA) is 164 Å². The van der Waals surface area contributed by atoms with Crippen LogP contribution >= 0.6 is 0 Å². The van der Waals surface area contributed by atoms with E-state index in [0.717, 1.165) is 32.3 Å². The van der Waals surface area contributed by atoms with E-state index >= 15 is 4.39 Å². The van der Waals surface area contributed by atoms with Crippen molar-refractivity contribution in [2.75, 3.05) is 5.32 Å². The van der Waals surface area contributed by atoms with E-state index in [2.05, 4.69) is 25.9 Å². The number of fused-ring (bicyclic) bond motifs is 1. The molecule has 1 saturated heterocycles. The highest BCUT2D eigenvalue weighted by Gasteiger charge is 2.58. The number of carbonyl (C=O) groups is 3.